The van der Waals surface area contributed by atoms with Gasteiger partial charge in [0.05, 0.1) is 18.8 Å². The fourth-order valence-electron chi connectivity index (χ4n) is 4.48. The number of aryl methyl sites for hydroxylation is 2. The first-order chi connectivity index (χ1) is 15.2. The van der Waals surface area contributed by atoms with E-state index < -0.39 is 0 Å². The minimum Gasteiger partial charge on any atom is -0.496 e. The summed E-state index contributed by atoms with van der Waals surface area (Å²) in [7, 11) is 1.76. The van der Waals surface area contributed by atoms with Crippen LogP contribution in [0.3, 0.4) is 0 Å². The first-order valence-corrected chi connectivity index (χ1v) is 11.3. The highest BCUT2D eigenvalue weighted by molar-refractivity contribution is 5.65. The van der Waals surface area contributed by atoms with Gasteiger partial charge >= 0.3 is 0 Å². The normalized spacial score (nSPS) is 16.9. The van der Waals surface area contributed by atoms with Crippen molar-refractivity contribution in [1.82, 2.24) is 19.9 Å². The topological polar surface area (TPSA) is 51.1 Å². The number of rotatable bonds is 7. The summed E-state index contributed by atoms with van der Waals surface area (Å²) >= 11 is 0. The zero-order valence-electron chi connectivity index (χ0n) is 18.8. The Balaban J connectivity index is 1.72. The van der Waals surface area contributed by atoms with E-state index in [1.807, 2.05) is 18.6 Å². The lowest BCUT2D eigenvalue weighted by Crippen LogP contribution is -2.34. The first kappa shape index (κ1) is 21.4. The van der Waals surface area contributed by atoms with Crippen molar-refractivity contribution in [2.45, 2.75) is 58.5 Å². The molecule has 5 nitrogen and oxygen atoms in total. The van der Waals surface area contributed by atoms with Crippen molar-refractivity contribution in [3.63, 3.8) is 0 Å². The van der Waals surface area contributed by atoms with E-state index in [4.69, 9.17) is 9.72 Å². The van der Waals surface area contributed by atoms with Crippen LogP contribution in [0.2, 0.25) is 0 Å². The average molecular weight is 417 g/mol. The maximum atomic E-state index is 5.69. The fourth-order valence-corrected chi connectivity index (χ4v) is 4.48. The number of ether oxygens (including phenoxy) is 1. The summed E-state index contributed by atoms with van der Waals surface area (Å²) in [5.74, 6) is 1.90. The molecule has 1 aliphatic heterocycles. The van der Waals surface area contributed by atoms with Gasteiger partial charge in [-0.25, -0.2) is 9.97 Å². The Morgan fingerprint density at radius 2 is 1.97 bits per heavy atom. The SMILES string of the molecule is CCCc1ncc(-c2ccncc2)c([C@H]2CCCCN2Cc2ccc(C)cc2OC)n1. The van der Waals surface area contributed by atoms with Crippen molar-refractivity contribution in [2.75, 3.05) is 13.7 Å². The Bertz CT molecular complexity index is 1010. The fraction of sp³-hybridized carbons (Fsp3) is 0.423. The van der Waals surface area contributed by atoms with Crippen molar-refractivity contribution in [3.05, 3.63) is 71.6 Å². The maximum Gasteiger partial charge on any atom is 0.128 e. The number of methoxy groups -OCH3 is 1. The molecule has 4 rings (SSSR count). The lowest BCUT2D eigenvalue weighted by atomic mass is 9.93. The van der Waals surface area contributed by atoms with Crippen LogP contribution in [0, 0.1) is 6.92 Å². The monoisotopic (exact) mass is 416 g/mol. The van der Waals surface area contributed by atoms with Crippen molar-refractivity contribution < 1.29 is 4.74 Å². The first-order valence-electron chi connectivity index (χ1n) is 11.3. The Labute approximate surface area is 185 Å². The van der Waals surface area contributed by atoms with Crippen LogP contribution in [0.15, 0.2) is 48.9 Å². The molecule has 0 radical (unpaired) electrons. The van der Waals surface area contributed by atoms with Gasteiger partial charge in [-0.1, -0.05) is 25.5 Å². The molecule has 0 spiro atoms. The molecule has 0 bridgehead atoms. The number of pyridine rings is 1. The van der Waals surface area contributed by atoms with Crippen LogP contribution in [-0.2, 0) is 13.0 Å². The number of hydrogen-bond acceptors (Lipinski definition) is 5. The quantitative estimate of drug-likeness (QED) is 0.506. The van der Waals surface area contributed by atoms with Crippen molar-refractivity contribution in [3.8, 4) is 16.9 Å². The lowest BCUT2D eigenvalue weighted by molar-refractivity contribution is 0.136. The van der Waals surface area contributed by atoms with E-state index in [0.717, 1.165) is 60.7 Å². The van der Waals surface area contributed by atoms with Crippen molar-refractivity contribution in [1.29, 1.82) is 0 Å². The average Bonchev–Trinajstić information content (AvgIpc) is 2.81. The highest BCUT2D eigenvalue weighted by atomic mass is 16.5. The predicted molar refractivity (Wildman–Crippen MR) is 124 cm³/mol. The second-order valence-corrected chi connectivity index (χ2v) is 8.37. The van der Waals surface area contributed by atoms with Crippen molar-refractivity contribution >= 4 is 0 Å². The van der Waals surface area contributed by atoms with Gasteiger partial charge in [0.25, 0.3) is 0 Å². The Hall–Kier alpha value is -2.79. The second-order valence-electron chi connectivity index (χ2n) is 8.37. The Kier molecular flexibility index (Phi) is 6.92. The van der Waals surface area contributed by atoms with E-state index in [1.165, 1.54) is 24.0 Å². The zero-order chi connectivity index (χ0) is 21.6. The van der Waals surface area contributed by atoms with E-state index in [1.54, 1.807) is 7.11 Å². The van der Waals surface area contributed by atoms with E-state index in [-0.39, 0.29) is 6.04 Å². The maximum absolute atomic E-state index is 5.69. The molecule has 1 aromatic carbocycles. The van der Waals surface area contributed by atoms with Crippen LogP contribution < -0.4 is 4.74 Å². The summed E-state index contributed by atoms with van der Waals surface area (Å²) in [6.07, 6.45) is 11.2. The van der Waals surface area contributed by atoms with Gasteiger partial charge in [0, 0.05) is 42.7 Å². The molecule has 3 aromatic rings. The van der Waals surface area contributed by atoms with Crippen molar-refractivity contribution in [2.24, 2.45) is 0 Å². The molecule has 0 aliphatic carbocycles. The smallest absolute Gasteiger partial charge is 0.128 e. The molecule has 31 heavy (non-hydrogen) atoms. The van der Waals surface area contributed by atoms with Gasteiger partial charge in [-0.05, 0) is 62.1 Å². The molecular formula is C26H32N4O. The van der Waals surface area contributed by atoms with Crippen LogP contribution in [0.5, 0.6) is 5.75 Å². The van der Waals surface area contributed by atoms with E-state index in [2.05, 4.69) is 59.0 Å². The van der Waals surface area contributed by atoms with Crippen LogP contribution in [0.1, 0.15) is 61.3 Å². The third kappa shape index (κ3) is 4.93. The number of piperidine rings is 1. The minimum atomic E-state index is 0.265. The molecule has 162 valence electrons. The van der Waals surface area contributed by atoms with Gasteiger partial charge < -0.3 is 4.74 Å². The summed E-state index contributed by atoms with van der Waals surface area (Å²) in [4.78, 5) is 16.5. The Morgan fingerprint density at radius 1 is 1.13 bits per heavy atom. The third-order valence-electron chi connectivity index (χ3n) is 6.08. The molecule has 1 saturated heterocycles. The van der Waals surface area contributed by atoms with Gasteiger partial charge in [-0.15, -0.1) is 0 Å². The Morgan fingerprint density at radius 3 is 2.74 bits per heavy atom. The van der Waals surface area contributed by atoms with E-state index in [9.17, 15) is 0 Å². The molecule has 0 unspecified atom stereocenters. The van der Waals surface area contributed by atoms with E-state index >= 15 is 0 Å². The van der Waals surface area contributed by atoms with E-state index in [0.29, 0.717) is 0 Å². The van der Waals surface area contributed by atoms with Gasteiger partial charge in [-0.3, -0.25) is 9.88 Å². The third-order valence-corrected chi connectivity index (χ3v) is 6.08. The molecule has 1 atom stereocenters. The molecule has 2 aromatic heterocycles. The van der Waals surface area contributed by atoms with Crippen LogP contribution in [0.4, 0.5) is 0 Å². The summed E-state index contributed by atoms with van der Waals surface area (Å²) in [5.41, 5.74) is 5.85. The molecule has 1 fully saturated rings. The van der Waals surface area contributed by atoms with Gasteiger partial charge in [-0.2, -0.15) is 0 Å². The highest BCUT2D eigenvalue weighted by Gasteiger charge is 2.29. The number of nitrogens with zero attached hydrogens (tertiary/aromatic N) is 4. The second kappa shape index (κ2) is 10.0. The number of benzene rings is 1. The number of likely N-dealkylation sites (tertiary alicyclic amines) is 1. The molecule has 3 heterocycles. The summed E-state index contributed by atoms with van der Waals surface area (Å²) < 4.78 is 5.69. The van der Waals surface area contributed by atoms with Gasteiger partial charge in [0.2, 0.25) is 0 Å². The van der Waals surface area contributed by atoms with Crippen LogP contribution in [0.25, 0.3) is 11.1 Å². The predicted octanol–water partition coefficient (Wildman–Crippen LogP) is 5.54. The zero-order valence-corrected chi connectivity index (χ0v) is 18.8. The molecule has 0 N–H and O–H groups in total. The molecule has 0 amide bonds. The van der Waals surface area contributed by atoms with Gasteiger partial charge in [0.1, 0.15) is 11.6 Å². The van der Waals surface area contributed by atoms with Crippen LogP contribution in [-0.4, -0.2) is 33.5 Å². The molecule has 0 saturated carbocycles. The number of aromatic nitrogens is 3. The summed E-state index contributed by atoms with van der Waals surface area (Å²) in [5, 5.41) is 0. The van der Waals surface area contributed by atoms with Crippen LogP contribution >= 0.6 is 0 Å². The standard InChI is InChI=1S/C26H32N4O/c1-4-7-25-28-17-22(20-11-13-27-14-12-20)26(29-25)23-8-5-6-15-30(23)18-21-10-9-19(2)16-24(21)31-3/h9-14,16-17,23H,4-8,15,18H2,1-3H3/t23-/m1/s1. The largest absolute Gasteiger partial charge is 0.496 e. The minimum absolute atomic E-state index is 0.265. The summed E-state index contributed by atoms with van der Waals surface area (Å²) in [6.45, 7) is 6.20. The highest BCUT2D eigenvalue weighted by Crippen LogP contribution is 2.37. The number of hydrogen-bond donors (Lipinski definition) is 0. The molecule has 5 heteroatoms. The lowest BCUT2D eigenvalue weighted by Gasteiger charge is -2.36. The molecule has 1 aliphatic rings. The van der Waals surface area contributed by atoms with Gasteiger partial charge in [0.15, 0.2) is 0 Å². The summed E-state index contributed by atoms with van der Waals surface area (Å²) in [6, 6.07) is 10.9. The molecular weight excluding hydrogens is 384 g/mol.